The van der Waals surface area contributed by atoms with E-state index in [1.165, 1.54) is 69.8 Å². The minimum absolute atomic E-state index is 0.187. The van der Waals surface area contributed by atoms with Crippen LogP contribution in [-0.2, 0) is 5.41 Å². The number of hydrogen-bond donors (Lipinski definition) is 1. The molecule has 1 heteroatoms. The Labute approximate surface area is 131 Å². The number of para-hydroxylation sites is 1. The second-order valence-electron chi connectivity index (χ2n) is 6.46. The highest BCUT2D eigenvalue weighted by molar-refractivity contribution is 5.38. The fourth-order valence-electron chi connectivity index (χ4n) is 3.44. The summed E-state index contributed by atoms with van der Waals surface area (Å²) in [6.07, 6.45) is 12.5. The predicted octanol–water partition coefficient (Wildman–Crippen LogP) is 6.59. The van der Waals surface area contributed by atoms with Gasteiger partial charge in [0, 0.05) is 5.56 Å². The van der Waals surface area contributed by atoms with Crippen molar-refractivity contribution in [3.8, 4) is 5.75 Å². The third-order valence-electron chi connectivity index (χ3n) is 4.75. The lowest BCUT2D eigenvalue weighted by Crippen LogP contribution is -2.26. The third kappa shape index (κ3) is 5.37. The monoisotopic (exact) mass is 290 g/mol. The van der Waals surface area contributed by atoms with E-state index in [4.69, 9.17) is 0 Å². The van der Waals surface area contributed by atoms with Crippen molar-refractivity contribution in [3.05, 3.63) is 29.8 Å². The molecule has 0 unspecified atom stereocenters. The minimum atomic E-state index is 0.187. The quantitative estimate of drug-likeness (QED) is 0.456. The van der Waals surface area contributed by atoms with Crippen LogP contribution in [0.1, 0.15) is 90.5 Å². The molecule has 0 spiro atoms. The van der Waals surface area contributed by atoms with Gasteiger partial charge in [-0.2, -0.15) is 0 Å². The van der Waals surface area contributed by atoms with Gasteiger partial charge in [-0.15, -0.1) is 0 Å². The summed E-state index contributed by atoms with van der Waals surface area (Å²) in [7, 11) is 0. The van der Waals surface area contributed by atoms with Crippen LogP contribution in [0.5, 0.6) is 5.75 Å². The van der Waals surface area contributed by atoms with Crippen molar-refractivity contribution in [2.45, 2.75) is 90.4 Å². The number of hydrogen-bond acceptors (Lipinski definition) is 1. The largest absolute Gasteiger partial charge is 0.508 e. The van der Waals surface area contributed by atoms with E-state index in [0.29, 0.717) is 5.75 Å². The summed E-state index contributed by atoms with van der Waals surface area (Å²) < 4.78 is 0. The first kappa shape index (κ1) is 18.1. The van der Waals surface area contributed by atoms with Crippen LogP contribution in [0.3, 0.4) is 0 Å². The summed E-state index contributed by atoms with van der Waals surface area (Å²) >= 11 is 0. The molecule has 0 saturated carbocycles. The smallest absolute Gasteiger partial charge is 0.119 e. The molecule has 1 nitrogen and oxygen atoms in total. The van der Waals surface area contributed by atoms with Crippen LogP contribution in [0.15, 0.2) is 24.3 Å². The Bertz CT molecular complexity index is 375. The van der Waals surface area contributed by atoms with Gasteiger partial charge in [-0.25, -0.2) is 0 Å². The normalized spacial score (nSPS) is 11.8. The summed E-state index contributed by atoms with van der Waals surface area (Å²) in [5, 5.41) is 10.4. The molecule has 0 amide bonds. The van der Waals surface area contributed by atoms with Gasteiger partial charge in [0.2, 0.25) is 0 Å². The fourth-order valence-corrected chi connectivity index (χ4v) is 3.44. The molecule has 0 aliphatic heterocycles. The van der Waals surface area contributed by atoms with E-state index in [1.807, 2.05) is 12.1 Å². The van der Waals surface area contributed by atoms with Gasteiger partial charge in [-0.3, -0.25) is 0 Å². The van der Waals surface area contributed by atoms with Crippen molar-refractivity contribution in [2.24, 2.45) is 0 Å². The zero-order valence-corrected chi connectivity index (χ0v) is 14.3. The van der Waals surface area contributed by atoms with Crippen molar-refractivity contribution < 1.29 is 5.11 Å². The number of aromatic hydroxyl groups is 1. The Morgan fingerprint density at radius 2 is 1.29 bits per heavy atom. The molecule has 0 heterocycles. The number of unbranched alkanes of at least 4 members (excludes halogenated alkanes) is 4. The van der Waals surface area contributed by atoms with E-state index in [9.17, 15) is 5.11 Å². The van der Waals surface area contributed by atoms with E-state index in [0.717, 1.165) is 0 Å². The number of phenolic OH excluding ortho intramolecular Hbond substituents is 1. The summed E-state index contributed by atoms with van der Waals surface area (Å²) in [6, 6.07) is 8.05. The van der Waals surface area contributed by atoms with E-state index in [2.05, 4.69) is 32.9 Å². The van der Waals surface area contributed by atoms with Crippen molar-refractivity contribution in [2.75, 3.05) is 0 Å². The molecule has 0 aliphatic rings. The summed E-state index contributed by atoms with van der Waals surface area (Å²) in [4.78, 5) is 0. The molecule has 1 aromatic carbocycles. The van der Waals surface area contributed by atoms with Crippen LogP contribution in [0.4, 0.5) is 0 Å². The van der Waals surface area contributed by atoms with Gasteiger partial charge in [-0.05, 0) is 30.7 Å². The van der Waals surface area contributed by atoms with Gasteiger partial charge in [-0.1, -0.05) is 83.9 Å². The molecule has 1 rings (SSSR count). The lowest BCUT2D eigenvalue weighted by molar-refractivity contribution is 0.296. The second kappa shape index (κ2) is 9.87. The standard InChI is InChI=1S/C20H34O/c1-4-7-12-17-20(15-8-5-2,16-9-6-3)18-13-10-11-14-19(18)21/h10-11,13-14,21H,4-9,12,15-17H2,1-3H3. The van der Waals surface area contributed by atoms with Crippen LogP contribution in [0.2, 0.25) is 0 Å². The van der Waals surface area contributed by atoms with Crippen molar-refractivity contribution in [3.63, 3.8) is 0 Å². The SMILES string of the molecule is CCCCCC(CCCC)(CCCC)c1ccccc1O. The summed E-state index contributed by atoms with van der Waals surface area (Å²) in [6.45, 7) is 6.79. The summed E-state index contributed by atoms with van der Waals surface area (Å²) in [5.74, 6) is 0.501. The highest BCUT2D eigenvalue weighted by atomic mass is 16.3. The molecule has 1 N–H and O–H groups in total. The Morgan fingerprint density at radius 1 is 0.762 bits per heavy atom. The van der Waals surface area contributed by atoms with E-state index < -0.39 is 0 Å². The molecule has 0 saturated heterocycles. The molecule has 0 bridgehead atoms. The maximum atomic E-state index is 10.4. The van der Waals surface area contributed by atoms with E-state index in [-0.39, 0.29) is 5.41 Å². The molecular weight excluding hydrogens is 256 g/mol. The highest BCUT2D eigenvalue weighted by Gasteiger charge is 2.32. The second-order valence-corrected chi connectivity index (χ2v) is 6.46. The molecule has 0 fully saturated rings. The van der Waals surface area contributed by atoms with Gasteiger partial charge in [0.25, 0.3) is 0 Å². The van der Waals surface area contributed by atoms with Crippen LogP contribution in [0.25, 0.3) is 0 Å². The Kier molecular flexibility index (Phi) is 8.49. The zero-order chi connectivity index (χ0) is 15.6. The van der Waals surface area contributed by atoms with E-state index >= 15 is 0 Å². The van der Waals surface area contributed by atoms with Gasteiger partial charge in [0.15, 0.2) is 0 Å². The lowest BCUT2D eigenvalue weighted by atomic mass is 9.69. The Morgan fingerprint density at radius 3 is 1.81 bits per heavy atom. The highest BCUT2D eigenvalue weighted by Crippen LogP contribution is 2.43. The number of rotatable bonds is 11. The average Bonchev–Trinajstić information content (AvgIpc) is 2.50. The topological polar surface area (TPSA) is 20.2 Å². The zero-order valence-electron chi connectivity index (χ0n) is 14.3. The first-order valence-corrected chi connectivity index (χ1v) is 8.98. The van der Waals surface area contributed by atoms with Gasteiger partial charge >= 0.3 is 0 Å². The maximum absolute atomic E-state index is 10.4. The minimum Gasteiger partial charge on any atom is -0.508 e. The molecule has 0 aromatic heterocycles. The first-order valence-electron chi connectivity index (χ1n) is 8.98. The first-order chi connectivity index (χ1) is 10.2. The van der Waals surface area contributed by atoms with Gasteiger partial charge in [0.1, 0.15) is 5.75 Å². The third-order valence-corrected chi connectivity index (χ3v) is 4.75. The van der Waals surface area contributed by atoms with Crippen LogP contribution >= 0.6 is 0 Å². The van der Waals surface area contributed by atoms with Crippen molar-refractivity contribution in [1.29, 1.82) is 0 Å². The number of benzene rings is 1. The molecule has 0 aliphatic carbocycles. The molecule has 21 heavy (non-hydrogen) atoms. The average molecular weight is 290 g/mol. The molecular formula is C20H34O. The van der Waals surface area contributed by atoms with Crippen LogP contribution in [-0.4, -0.2) is 5.11 Å². The molecule has 0 atom stereocenters. The maximum Gasteiger partial charge on any atom is 0.119 e. The van der Waals surface area contributed by atoms with Crippen molar-refractivity contribution >= 4 is 0 Å². The number of phenols is 1. The van der Waals surface area contributed by atoms with Crippen molar-refractivity contribution in [1.82, 2.24) is 0 Å². The summed E-state index contributed by atoms with van der Waals surface area (Å²) in [5.41, 5.74) is 1.38. The molecule has 1 aromatic rings. The lowest BCUT2D eigenvalue weighted by Gasteiger charge is -2.35. The van der Waals surface area contributed by atoms with Crippen LogP contribution in [0, 0.1) is 0 Å². The molecule has 0 radical (unpaired) electrons. The predicted molar refractivity (Wildman–Crippen MR) is 93.0 cm³/mol. The fraction of sp³-hybridized carbons (Fsp3) is 0.700. The Hall–Kier alpha value is -0.980. The van der Waals surface area contributed by atoms with E-state index in [1.54, 1.807) is 0 Å². The van der Waals surface area contributed by atoms with Crippen LogP contribution < -0.4 is 0 Å². The molecule has 120 valence electrons. The van der Waals surface area contributed by atoms with Gasteiger partial charge in [0.05, 0.1) is 0 Å². The Balaban J connectivity index is 3.04. The van der Waals surface area contributed by atoms with Gasteiger partial charge < -0.3 is 5.11 Å².